The van der Waals surface area contributed by atoms with Crippen molar-refractivity contribution in [3.8, 4) is 11.3 Å². The third-order valence-corrected chi connectivity index (χ3v) is 4.55. The number of pyridine rings is 1. The summed E-state index contributed by atoms with van der Waals surface area (Å²) >= 11 is 1.49. The molecule has 0 saturated heterocycles. The number of aromatic nitrogens is 2. The van der Waals surface area contributed by atoms with Crippen molar-refractivity contribution >= 4 is 28.2 Å². The Morgan fingerprint density at radius 2 is 2.22 bits per heavy atom. The monoisotopic (exact) mass is 329 g/mol. The molecule has 0 aliphatic rings. The second-order valence-corrected chi connectivity index (χ2v) is 5.97. The highest BCUT2D eigenvalue weighted by Crippen LogP contribution is 2.25. The zero-order valence-corrected chi connectivity index (χ0v) is 13.3. The summed E-state index contributed by atoms with van der Waals surface area (Å²) in [4.78, 5) is 28.0. The lowest BCUT2D eigenvalue weighted by molar-refractivity contribution is 0.0695. The van der Waals surface area contributed by atoms with Crippen LogP contribution in [0.2, 0.25) is 0 Å². The first kappa shape index (κ1) is 15.4. The topological polar surface area (TPSA) is 98.2 Å². The largest absolute Gasteiger partial charge is 0.477 e. The Labute approximate surface area is 135 Å². The number of benzene rings is 1. The maximum atomic E-state index is 12.3. The molecule has 2 heterocycles. The van der Waals surface area contributed by atoms with Gasteiger partial charge in [0.25, 0.3) is 0 Å². The van der Waals surface area contributed by atoms with Crippen molar-refractivity contribution in [3.63, 3.8) is 0 Å². The number of nitrogens with two attached hydrogens (primary N) is 1. The lowest BCUT2D eigenvalue weighted by atomic mass is 10.1. The molecule has 0 bridgehead atoms. The fourth-order valence-corrected chi connectivity index (χ4v) is 3.18. The van der Waals surface area contributed by atoms with Gasteiger partial charge in [0.15, 0.2) is 0 Å². The maximum absolute atomic E-state index is 12.3. The van der Waals surface area contributed by atoms with Gasteiger partial charge in [0.1, 0.15) is 10.6 Å². The minimum absolute atomic E-state index is 0.217. The molecule has 0 aliphatic carbocycles. The van der Waals surface area contributed by atoms with Crippen molar-refractivity contribution in [1.29, 1.82) is 0 Å². The van der Waals surface area contributed by atoms with Gasteiger partial charge >= 0.3 is 5.97 Å². The molecule has 0 spiro atoms. The Bertz CT molecular complexity index is 959. The molecule has 7 heteroatoms. The molecule has 0 unspecified atom stereocenters. The molecule has 0 atom stereocenters. The molecule has 118 valence electrons. The molecular weight excluding hydrogens is 314 g/mol. The quantitative estimate of drug-likeness (QED) is 0.765. The molecule has 1 aromatic carbocycles. The van der Waals surface area contributed by atoms with Crippen LogP contribution in [0.25, 0.3) is 22.2 Å². The Kier molecular flexibility index (Phi) is 3.97. The molecule has 0 aliphatic heterocycles. The van der Waals surface area contributed by atoms with E-state index >= 15 is 0 Å². The van der Waals surface area contributed by atoms with Gasteiger partial charge in [-0.1, -0.05) is 6.07 Å². The molecule has 23 heavy (non-hydrogen) atoms. The van der Waals surface area contributed by atoms with Crippen molar-refractivity contribution < 1.29 is 9.90 Å². The van der Waals surface area contributed by atoms with E-state index < -0.39 is 11.4 Å². The van der Waals surface area contributed by atoms with Gasteiger partial charge in [-0.3, -0.25) is 4.79 Å². The van der Waals surface area contributed by atoms with Crippen molar-refractivity contribution in [2.45, 2.75) is 20.0 Å². The van der Waals surface area contributed by atoms with E-state index in [0.29, 0.717) is 24.0 Å². The van der Waals surface area contributed by atoms with Crippen LogP contribution in [0, 0.1) is 0 Å². The van der Waals surface area contributed by atoms with Gasteiger partial charge < -0.3 is 15.4 Å². The number of aromatic carboxylic acids is 1. The highest BCUT2D eigenvalue weighted by molar-refractivity contribution is 7.09. The third-order valence-electron chi connectivity index (χ3n) is 3.67. The van der Waals surface area contributed by atoms with Crippen LogP contribution in [0.1, 0.15) is 22.3 Å². The summed E-state index contributed by atoms with van der Waals surface area (Å²) in [7, 11) is 0. The fraction of sp³-hybridized carbons (Fsp3) is 0.188. The molecule has 3 rings (SSSR count). The number of nitrogens with zero attached hydrogens (tertiary/aromatic N) is 2. The van der Waals surface area contributed by atoms with Crippen molar-refractivity contribution in [3.05, 3.63) is 50.6 Å². The van der Waals surface area contributed by atoms with Gasteiger partial charge in [-0.15, -0.1) is 11.3 Å². The van der Waals surface area contributed by atoms with E-state index in [1.54, 1.807) is 16.7 Å². The van der Waals surface area contributed by atoms with Crippen molar-refractivity contribution in [1.82, 2.24) is 9.55 Å². The van der Waals surface area contributed by atoms with Crippen LogP contribution in [-0.4, -0.2) is 20.6 Å². The van der Waals surface area contributed by atoms with Gasteiger partial charge in [-0.25, -0.2) is 9.78 Å². The molecule has 0 saturated carbocycles. The fourth-order valence-electron chi connectivity index (χ4n) is 2.50. The standard InChI is InChI=1S/C16H15N3O3S/c1-2-19-7-11(16(21)22)15(20)10-4-3-9(5-13(10)19)12-8-23-14(6-17)18-12/h3-5,7-8H,2,6,17H2,1H3,(H,21,22). The van der Waals surface area contributed by atoms with E-state index in [1.807, 2.05) is 18.4 Å². The van der Waals surface area contributed by atoms with Crippen molar-refractivity contribution in [2.75, 3.05) is 0 Å². The molecule has 3 aromatic rings. The number of thiazole rings is 1. The summed E-state index contributed by atoms with van der Waals surface area (Å²) in [6.45, 7) is 2.85. The second-order valence-electron chi connectivity index (χ2n) is 5.03. The highest BCUT2D eigenvalue weighted by atomic mass is 32.1. The smallest absolute Gasteiger partial charge is 0.341 e. The van der Waals surface area contributed by atoms with Crippen molar-refractivity contribution in [2.24, 2.45) is 5.73 Å². The Balaban J connectivity index is 2.25. The van der Waals surface area contributed by atoms with Crippen LogP contribution < -0.4 is 11.2 Å². The van der Waals surface area contributed by atoms with E-state index in [1.165, 1.54) is 17.5 Å². The van der Waals surface area contributed by atoms with Crippen LogP contribution in [0.5, 0.6) is 0 Å². The highest BCUT2D eigenvalue weighted by Gasteiger charge is 2.15. The van der Waals surface area contributed by atoms with Gasteiger partial charge in [-0.2, -0.15) is 0 Å². The molecule has 0 radical (unpaired) electrons. The van der Waals surface area contributed by atoms with E-state index in [2.05, 4.69) is 4.98 Å². The third kappa shape index (κ3) is 2.64. The molecule has 0 amide bonds. The second kappa shape index (κ2) is 5.94. The van der Waals surface area contributed by atoms with Gasteiger partial charge in [0.2, 0.25) is 5.43 Å². The number of hydrogen-bond acceptors (Lipinski definition) is 5. The first-order valence-electron chi connectivity index (χ1n) is 7.10. The lowest BCUT2D eigenvalue weighted by Crippen LogP contribution is -2.18. The summed E-state index contributed by atoms with van der Waals surface area (Å²) in [5.41, 5.74) is 7.28. The molecule has 0 fully saturated rings. The molecule has 6 nitrogen and oxygen atoms in total. The number of aryl methyl sites for hydroxylation is 1. The average molecular weight is 329 g/mol. The lowest BCUT2D eigenvalue weighted by Gasteiger charge is -2.11. The summed E-state index contributed by atoms with van der Waals surface area (Å²) in [6, 6.07) is 5.30. The van der Waals surface area contributed by atoms with Crippen LogP contribution in [0.4, 0.5) is 0 Å². The van der Waals surface area contributed by atoms with Crippen LogP contribution in [0.15, 0.2) is 34.6 Å². The van der Waals surface area contributed by atoms with E-state index in [-0.39, 0.29) is 5.56 Å². The molecule has 3 N–H and O–H groups in total. The summed E-state index contributed by atoms with van der Waals surface area (Å²) in [5.74, 6) is -1.21. The summed E-state index contributed by atoms with van der Waals surface area (Å²) < 4.78 is 1.76. The minimum atomic E-state index is -1.21. The Hall–Kier alpha value is -2.51. The van der Waals surface area contributed by atoms with Crippen LogP contribution in [-0.2, 0) is 13.1 Å². The average Bonchev–Trinajstić information content (AvgIpc) is 3.03. The Morgan fingerprint density at radius 3 is 2.83 bits per heavy atom. The number of hydrogen-bond donors (Lipinski definition) is 2. The molecule has 2 aromatic heterocycles. The zero-order chi connectivity index (χ0) is 16.6. The Morgan fingerprint density at radius 1 is 1.43 bits per heavy atom. The normalized spacial score (nSPS) is 11.0. The first-order valence-corrected chi connectivity index (χ1v) is 7.98. The van der Waals surface area contributed by atoms with E-state index in [0.717, 1.165) is 16.3 Å². The van der Waals surface area contributed by atoms with Crippen LogP contribution >= 0.6 is 11.3 Å². The van der Waals surface area contributed by atoms with Gasteiger partial charge in [0, 0.05) is 35.6 Å². The number of fused-ring (bicyclic) bond motifs is 1. The number of carbonyl (C=O) groups is 1. The number of rotatable bonds is 4. The van der Waals surface area contributed by atoms with Gasteiger partial charge in [0.05, 0.1) is 11.2 Å². The van der Waals surface area contributed by atoms with E-state index in [9.17, 15) is 14.7 Å². The number of carboxylic acids is 1. The SMILES string of the molecule is CCn1cc(C(=O)O)c(=O)c2ccc(-c3csc(CN)n3)cc21. The summed E-state index contributed by atoms with van der Waals surface area (Å²) in [5, 5.41) is 12.3. The predicted octanol–water partition coefficient (Wildman–Crippen LogP) is 2.30. The minimum Gasteiger partial charge on any atom is -0.477 e. The van der Waals surface area contributed by atoms with Gasteiger partial charge in [-0.05, 0) is 19.1 Å². The summed E-state index contributed by atoms with van der Waals surface area (Å²) in [6.07, 6.45) is 1.39. The van der Waals surface area contributed by atoms with E-state index in [4.69, 9.17) is 5.73 Å². The predicted molar refractivity (Wildman–Crippen MR) is 89.8 cm³/mol. The zero-order valence-electron chi connectivity index (χ0n) is 12.4. The number of carboxylic acid groups (broad SMARTS) is 1. The molecular formula is C16H15N3O3S. The maximum Gasteiger partial charge on any atom is 0.341 e. The van der Waals surface area contributed by atoms with Crippen LogP contribution in [0.3, 0.4) is 0 Å². The first-order chi connectivity index (χ1) is 11.0.